The fraction of sp³-hybridized carbons (Fsp3) is 0.140. The quantitative estimate of drug-likeness (QED) is 0.139. The summed E-state index contributed by atoms with van der Waals surface area (Å²) in [5.41, 5.74) is 9.36. The Morgan fingerprint density at radius 3 is 1.66 bits per heavy atom. The average molecular weight is 935 g/mol. The van der Waals surface area contributed by atoms with E-state index in [1.807, 2.05) is 69.6 Å². The molecule has 4 aliphatic rings. The molecule has 2 aromatic carbocycles. The summed E-state index contributed by atoms with van der Waals surface area (Å²) in [6.45, 7) is 11.9. The number of hydrogen-bond donors (Lipinski definition) is 0. The number of benzene rings is 2. The topological polar surface area (TPSA) is 17.1 Å². The van der Waals surface area contributed by atoms with Crippen LogP contribution in [0.4, 0.5) is 0 Å². The number of hydrogen-bond acceptors (Lipinski definition) is 7. The molecule has 0 spiro atoms. The summed E-state index contributed by atoms with van der Waals surface area (Å²) in [5, 5.41) is 6.35. The molecule has 6 heterocycles. The van der Waals surface area contributed by atoms with Gasteiger partial charge in [0.15, 0.2) is 5.78 Å². The summed E-state index contributed by atoms with van der Waals surface area (Å²) in [6.07, 6.45) is 14.4. The lowest BCUT2D eigenvalue weighted by atomic mass is 9.44. The fourth-order valence-corrected chi connectivity index (χ4v) is 16.0. The Balaban J connectivity index is 1.06. The van der Waals surface area contributed by atoms with Crippen molar-refractivity contribution in [1.82, 2.24) is 0 Å². The van der Waals surface area contributed by atoms with Crippen molar-refractivity contribution in [2.75, 3.05) is 0 Å². The Hall–Kier alpha value is -5.25. The molecule has 0 saturated carbocycles. The van der Waals surface area contributed by atoms with Crippen LogP contribution in [0, 0.1) is 16.2 Å². The highest BCUT2D eigenvalue weighted by molar-refractivity contribution is 7.27. The number of carbonyl (C=O) groups is 1. The van der Waals surface area contributed by atoms with Crippen molar-refractivity contribution in [1.29, 1.82) is 0 Å². The van der Waals surface area contributed by atoms with Gasteiger partial charge in [0.25, 0.3) is 0 Å². The molecule has 2 atom stereocenters. The second-order valence-electron chi connectivity index (χ2n) is 18.3. The lowest BCUT2D eigenvalue weighted by Crippen LogP contribution is -2.49. The van der Waals surface area contributed by atoms with Crippen LogP contribution in [0.2, 0.25) is 0 Å². The van der Waals surface area contributed by atoms with Gasteiger partial charge in [0.05, 0.1) is 0 Å². The minimum absolute atomic E-state index is 0.0530. The van der Waals surface area contributed by atoms with Gasteiger partial charge in [-0.3, -0.25) is 4.79 Å². The molecule has 0 saturated heterocycles. The number of fused-ring (bicyclic) bond motifs is 1. The molecule has 0 radical (unpaired) electrons. The van der Waals surface area contributed by atoms with Gasteiger partial charge in [0, 0.05) is 70.7 Å². The summed E-state index contributed by atoms with van der Waals surface area (Å²) >= 11 is 11.0. The lowest BCUT2D eigenvalue weighted by Gasteiger charge is -2.58. The van der Waals surface area contributed by atoms with Crippen LogP contribution in [0.25, 0.3) is 60.9 Å². The second kappa shape index (κ2) is 14.9. The lowest BCUT2D eigenvalue weighted by molar-refractivity contribution is 0.103. The molecule has 0 fully saturated rings. The minimum Gasteiger partial charge on any atom is -0.289 e. The SMILES string of the molecule is CC(C)(C)C1=CC2=C(c3ccc(-c4ccc(-c5cccs5)s4)s3)C=C3C=C(C(=O)c4cccc5ccccc45)C=C4C(c5ccc(-c6ccc(-c7cccs7)s6)s5)=CC(=C1)[C@]2(C)[C@]34C. The van der Waals surface area contributed by atoms with Crippen molar-refractivity contribution >= 4 is 95.7 Å². The van der Waals surface area contributed by atoms with Crippen LogP contribution in [-0.4, -0.2) is 5.78 Å². The van der Waals surface area contributed by atoms with E-state index in [2.05, 4.69) is 173 Å². The number of carbonyl (C=O) groups excluding carboxylic acids is 1. The first-order valence-electron chi connectivity index (χ1n) is 21.6. The zero-order chi connectivity index (χ0) is 43.5. The van der Waals surface area contributed by atoms with Crippen LogP contribution in [0.1, 0.15) is 54.7 Å². The van der Waals surface area contributed by atoms with Gasteiger partial charge in [0.2, 0.25) is 0 Å². The van der Waals surface area contributed by atoms with Crippen LogP contribution in [0.3, 0.4) is 0 Å². The molecule has 7 heteroatoms. The van der Waals surface area contributed by atoms with Crippen molar-refractivity contribution in [3.05, 3.63) is 211 Å². The normalized spacial score (nSPS) is 20.3. The van der Waals surface area contributed by atoms with Crippen LogP contribution in [0.5, 0.6) is 0 Å². The molecular formula is C57H42OS6. The number of thiophene rings is 6. The number of allylic oxidation sites excluding steroid dienone is 14. The van der Waals surface area contributed by atoms with Crippen LogP contribution < -0.4 is 0 Å². The molecule has 8 aromatic rings. The van der Waals surface area contributed by atoms with E-state index in [0.717, 1.165) is 21.9 Å². The third-order valence-corrected chi connectivity index (χ3v) is 20.7. The Kier molecular flexibility index (Phi) is 9.37. The highest BCUT2D eigenvalue weighted by Gasteiger charge is 2.59. The van der Waals surface area contributed by atoms with E-state index < -0.39 is 10.8 Å². The predicted molar refractivity (Wildman–Crippen MR) is 281 cm³/mol. The van der Waals surface area contributed by atoms with E-state index in [0.29, 0.717) is 0 Å². The summed E-state index contributed by atoms with van der Waals surface area (Å²) in [5.74, 6) is 0.0530. The maximum atomic E-state index is 15.1. The standard InChI is InChI=1S/C57H42OS6/c1-55(2,3)35-29-37-31-40(44-17-19-50(61-44)52-23-21-48(63-52)46-15-9-25-59-46)42-28-34(54(58)39-14-8-12-33-11-6-7-13-38(33)39)27-36-30-41(43(32-35)57(37,5)56(36,42)4)45-18-20-51(62-45)53-24-22-49(64-53)47-16-10-26-60-47/h6-32H,1-5H3/t56-,57+/m1/s1. The zero-order valence-electron chi connectivity index (χ0n) is 35.9. The van der Waals surface area contributed by atoms with Gasteiger partial charge in [-0.1, -0.05) is 101 Å². The zero-order valence-corrected chi connectivity index (χ0v) is 40.8. The minimum atomic E-state index is -0.465. The van der Waals surface area contributed by atoms with Crippen molar-refractivity contribution < 1.29 is 4.79 Å². The summed E-state index contributed by atoms with van der Waals surface area (Å²) in [6, 6.07) is 41.3. The maximum absolute atomic E-state index is 15.1. The Morgan fingerprint density at radius 2 is 1.03 bits per heavy atom. The average Bonchev–Trinajstić information content (AvgIpc) is 4.14. The molecule has 0 aliphatic heterocycles. The van der Waals surface area contributed by atoms with Gasteiger partial charge in [-0.15, -0.1) is 68.0 Å². The first-order valence-corrected chi connectivity index (χ1v) is 26.6. The van der Waals surface area contributed by atoms with Crippen molar-refractivity contribution in [3.63, 3.8) is 0 Å². The monoisotopic (exact) mass is 934 g/mol. The van der Waals surface area contributed by atoms with E-state index in [1.165, 1.54) is 87.8 Å². The first-order chi connectivity index (χ1) is 31.0. The largest absolute Gasteiger partial charge is 0.289 e. The molecule has 6 aromatic heterocycles. The molecule has 312 valence electrons. The van der Waals surface area contributed by atoms with Crippen molar-refractivity contribution in [3.8, 4) is 39.0 Å². The summed E-state index contributed by atoms with van der Waals surface area (Å²) < 4.78 is 0. The number of rotatable bonds is 8. The molecule has 0 N–H and O–H groups in total. The second-order valence-corrected chi connectivity index (χ2v) is 24.5. The molecule has 4 aliphatic carbocycles. The summed E-state index contributed by atoms with van der Waals surface area (Å²) in [4.78, 5) is 27.9. The maximum Gasteiger partial charge on any atom is 0.193 e. The van der Waals surface area contributed by atoms with Crippen molar-refractivity contribution in [2.45, 2.75) is 34.6 Å². The molecular weight excluding hydrogens is 893 g/mol. The van der Waals surface area contributed by atoms with Crippen LogP contribution in [0.15, 0.2) is 196 Å². The van der Waals surface area contributed by atoms with Gasteiger partial charge >= 0.3 is 0 Å². The first kappa shape index (κ1) is 40.3. The van der Waals surface area contributed by atoms with E-state index >= 15 is 4.79 Å². The van der Waals surface area contributed by atoms with Gasteiger partial charge < -0.3 is 0 Å². The van der Waals surface area contributed by atoms with Gasteiger partial charge in [-0.25, -0.2) is 0 Å². The van der Waals surface area contributed by atoms with Crippen LogP contribution in [-0.2, 0) is 0 Å². The Labute approximate surface area is 398 Å². The van der Waals surface area contributed by atoms with Crippen LogP contribution >= 0.6 is 68.0 Å². The van der Waals surface area contributed by atoms with Gasteiger partial charge in [-0.2, -0.15) is 0 Å². The van der Waals surface area contributed by atoms with E-state index in [-0.39, 0.29) is 11.2 Å². The molecule has 1 nitrogen and oxygen atoms in total. The molecule has 0 amide bonds. The highest BCUT2D eigenvalue weighted by Crippen LogP contribution is 2.70. The highest BCUT2D eigenvalue weighted by atomic mass is 32.1. The molecule has 0 unspecified atom stereocenters. The Morgan fingerprint density at radius 1 is 0.484 bits per heavy atom. The van der Waals surface area contributed by atoms with Gasteiger partial charge in [-0.05, 0) is 151 Å². The predicted octanol–water partition coefficient (Wildman–Crippen LogP) is 18.3. The smallest absolute Gasteiger partial charge is 0.193 e. The molecule has 0 bridgehead atoms. The molecule has 12 rings (SSSR count). The van der Waals surface area contributed by atoms with E-state index in [9.17, 15) is 0 Å². The number of ketones is 1. The fourth-order valence-electron chi connectivity index (χ4n) is 10.1. The third-order valence-electron chi connectivity index (χ3n) is 13.8. The van der Waals surface area contributed by atoms with E-state index in [1.54, 1.807) is 22.7 Å². The van der Waals surface area contributed by atoms with Crippen molar-refractivity contribution in [2.24, 2.45) is 16.2 Å². The third kappa shape index (κ3) is 6.19. The summed E-state index contributed by atoms with van der Waals surface area (Å²) in [7, 11) is 0. The number of Topliss-reactive ketones (excluding diaryl/α,β-unsaturated/α-hetero) is 1. The van der Waals surface area contributed by atoms with Gasteiger partial charge in [0.1, 0.15) is 0 Å². The van der Waals surface area contributed by atoms with E-state index in [4.69, 9.17) is 0 Å². The molecule has 64 heavy (non-hydrogen) atoms. The Bertz CT molecular complexity index is 3450.